The molecule has 2 N–H and O–H groups in total. The van der Waals surface area contributed by atoms with Gasteiger partial charge in [0.15, 0.2) is 0 Å². The minimum atomic E-state index is -4.39. The van der Waals surface area contributed by atoms with E-state index in [2.05, 4.69) is 10.6 Å². The lowest BCUT2D eigenvalue weighted by Crippen LogP contribution is -2.48. The van der Waals surface area contributed by atoms with Gasteiger partial charge in [0.05, 0.1) is 22.8 Å². The first-order valence-electron chi connectivity index (χ1n) is 10.5. The van der Waals surface area contributed by atoms with Crippen molar-refractivity contribution >= 4 is 18.3 Å². The van der Waals surface area contributed by atoms with Gasteiger partial charge in [0.1, 0.15) is 0 Å². The number of carbonyl (C=O) groups excluding carboxylic acids is 1. The first-order valence-corrected chi connectivity index (χ1v) is 10.5. The fourth-order valence-electron chi connectivity index (χ4n) is 3.84. The predicted molar refractivity (Wildman–Crippen MR) is 121 cm³/mol. The van der Waals surface area contributed by atoms with Crippen molar-refractivity contribution in [3.8, 4) is 0 Å². The molecule has 0 saturated carbocycles. The highest BCUT2D eigenvalue weighted by atomic mass is 35.5. The van der Waals surface area contributed by atoms with E-state index < -0.39 is 17.8 Å². The summed E-state index contributed by atoms with van der Waals surface area (Å²) >= 11 is 0. The summed E-state index contributed by atoms with van der Waals surface area (Å²) in [6.07, 6.45) is -1.97. The lowest BCUT2D eigenvalue weighted by Gasteiger charge is -2.23. The average Bonchev–Trinajstić information content (AvgIpc) is 3.26. The summed E-state index contributed by atoms with van der Waals surface area (Å²) in [4.78, 5) is 12.8. The zero-order chi connectivity index (χ0) is 23.2. The third kappa shape index (κ3) is 6.04. The van der Waals surface area contributed by atoms with Gasteiger partial charge in [0, 0.05) is 23.7 Å². The standard InChI is InChI=1S/C23H31F3N4O.ClH/c1-21(2,3)28-20(31)18-13-16(17-11-12-30(29-17)22(4,5)6)19(27-18)14-7-9-15(10-8-14)23(24,25)26;/h7-12,16,18-19,27H,13H2,1-6H3,(H,28,31);1H/t16?,18-,19-;/m0./s1. The second-order valence-corrected chi connectivity index (χ2v) is 10.3. The fourth-order valence-corrected chi connectivity index (χ4v) is 3.84. The number of hydrogen-bond donors (Lipinski definition) is 2. The van der Waals surface area contributed by atoms with Gasteiger partial charge in [-0.3, -0.25) is 14.8 Å². The molecule has 1 aromatic carbocycles. The minimum Gasteiger partial charge on any atom is -0.350 e. The molecule has 9 heteroatoms. The molecule has 1 fully saturated rings. The van der Waals surface area contributed by atoms with Gasteiger partial charge < -0.3 is 5.32 Å². The number of carbonyl (C=O) groups is 1. The normalized spacial score (nSPS) is 21.8. The Kier molecular flexibility index (Phi) is 7.42. The Morgan fingerprint density at radius 1 is 1.06 bits per heavy atom. The number of rotatable bonds is 3. The third-order valence-electron chi connectivity index (χ3n) is 5.36. The molecule has 178 valence electrons. The van der Waals surface area contributed by atoms with Crippen molar-refractivity contribution in [2.45, 2.75) is 83.2 Å². The van der Waals surface area contributed by atoms with E-state index >= 15 is 0 Å². The fraction of sp³-hybridized carbons (Fsp3) is 0.565. The molecule has 1 amide bonds. The topological polar surface area (TPSA) is 59.0 Å². The van der Waals surface area contributed by atoms with Gasteiger partial charge in [-0.2, -0.15) is 18.3 Å². The molecule has 1 aliphatic heterocycles. The van der Waals surface area contributed by atoms with E-state index in [-0.39, 0.29) is 41.4 Å². The molecule has 1 unspecified atom stereocenters. The number of amides is 1. The molecule has 5 nitrogen and oxygen atoms in total. The zero-order valence-corrected chi connectivity index (χ0v) is 20.1. The molecule has 2 heterocycles. The minimum absolute atomic E-state index is 0. The van der Waals surface area contributed by atoms with Crippen molar-refractivity contribution in [2.75, 3.05) is 0 Å². The molecule has 2 aromatic rings. The van der Waals surface area contributed by atoms with Crippen LogP contribution in [0.5, 0.6) is 0 Å². The smallest absolute Gasteiger partial charge is 0.350 e. The molecule has 1 aromatic heterocycles. The third-order valence-corrected chi connectivity index (χ3v) is 5.36. The molecule has 32 heavy (non-hydrogen) atoms. The number of hydrogen-bond acceptors (Lipinski definition) is 3. The Morgan fingerprint density at radius 2 is 1.66 bits per heavy atom. The Bertz CT molecular complexity index is 926. The second kappa shape index (κ2) is 9.06. The maximum Gasteiger partial charge on any atom is 0.416 e. The first kappa shape index (κ1) is 26.2. The molecule has 1 aliphatic rings. The van der Waals surface area contributed by atoms with Gasteiger partial charge in [-0.1, -0.05) is 12.1 Å². The van der Waals surface area contributed by atoms with E-state index in [4.69, 9.17) is 5.10 Å². The quantitative estimate of drug-likeness (QED) is 0.647. The van der Waals surface area contributed by atoms with Crippen LogP contribution < -0.4 is 10.6 Å². The van der Waals surface area contributed by atoms with Crippen molar-refractivity contribution in [3.63, 3.8) is 0 Å². The molecule has 0 bridgehead atoms. The summed E-state index contributed by atoms with van der Waals surface area (Å²) in [5.74, 6) is -0.266. The first-order chi connectivity index (χ1) is 14.1. The van der Waals surface area contributed by atoms with Crippen LogP contribution in [0.3, 0.4) is 0 Å². The zero-order valence-electron chi connectivity index (χ0n) is 19.2. The summed E-state index contributed by atoms with van der Waals surface area (Å²) < 4.78 is 40.9. The molecule has 3 atom stereocenters. The number of nitrogens with one attached hydrogen (secondary N) is 2. The van der Waals surface area contributed by atoms with E-state index in [0.717, 1.165) is 17.8 Å². The summed E-state index contributed by atoms with van der Waals surface area (Å²) in [7, 11) is 0. The van der Waals surface area contributed by atoms with Gasteiger partial charge in [-0.15, -0.1) is 12.4 Å². The van der Waals surface area contributed by atoms with Crippen LogP contribution in [0.4, 0.5) is 13.2 Å². The van der Waals surface area contributed by atoms with Gasteiger partial charge >= 0.3 is 6.18 Å². The highest BCUT2D eigenvalue weighted by Crippen LogP contribution is 2.41. The van der Waals surface area contributed by atoms with E-state index in [1.807, 2.05) is 58.5 Å². The van der Waals surface area contributed by atoms with Crippen molar-refractivity contribution in [1.82, 2.24) is 20.4 Å². The lowest BCUT2D eigenvalue weighted by atomic mass is 9.90. The van der Waals surface area contributed by atoms with Crippen LogP contribution in [-0.4, -0.2) is 27.3 Å². The maximum atomic E-state index is 13.0. The second-order valence-electron chi connectivity index (χ2n) is 10.3. The van der Waals surface area contributed by atoms with Crippen LogP contribution in [-0.2, 0) is 16.5 Å². The number of aromatic nitrogens is 2. The highest BCUT2D eigenvalue weighted by Gasteiger charge is 2.41. The Morgan fingerprint density at radius 3 is 2.12 bits per heavy atom. The van der Waals surface area contributed by atoms with Crippen molar-refractivity contribution in [1.29, 1.82) is 0 Å². The predicted octanol–water partition coefficient (Wildman–Crippen LogP) is 5.18. The van der Waals surface area contributed by atoms with E-state index in [0.29, 0.717) is 12.0 Å². The van der Waals surface area contributed by atoms with Crippen molar-refractivity contribution in [3.05, 3.63) is 53.3 Å². The van der Waals surface area contributed by atoms with Crippen molar-refractivity contribution in [2.24, 2.45) is 0 Å². The molecule has 1 saturated heterocycles. The van der Waals surface area contributed by atoms with Crippen LogP contribution in [0.25, 0.3) is 0 Å². The van der Waals surface area contributed by atoms with Gasteiger partial charge in [0.2, 0.25) is 5.91 Å². The number of nitrogens with zero attached hydrogens (tertiary/aromatic N) is 2. The van der Waals surface area contributed by atoms with Gasteiger partial charge in [-0.25, -0.2) is 0 Å². The van der Waals surface area contributed by atoms with Crippen LogP contribution in [0.15, 0.2) is 36.5 Å². The van der Waals surface area contributed by atoms with Crippen molar-refractivity contribution < 1.29 is 18.0 Å². The van der Waals surface area contributed by atoms with Gasteiger partial charge in [0.25, 0.3) is 0 Å². The van der Waals surface area contributed by atoms with Gasteiger partial charge in [-0.05, 0) is 71.7 Å². The van der Waals surface area contributed by atoms with E-state index in [1.54, 1.807) is 0 Å². The summed E-state index contributed by atoms with van der Waals surface area (Å²) in [5, 5.41) is 11.1. The largest absolute Gasteiger partial charge is 0.416 e. The lowest BCUT2D eigenvalue weighted by molar-refractivity contribution is -0.137. The average molecular weight is 473 g/mol. The van der Waals surface area contributed by atoms with E-state index in [9.17, 15) is 18.0 Å². The van der Waals surface area contributed by atoms with Crippen LogP contribution in [0.2, 0.25) is 0 Å². The molecule has 0 aliphatic carbocycles. The molecular weight excluding hydrogens is 441 g/mol. The molecule has 3 rings (SSSR count). The Labute approximate surface area is 193 Å². The van der Waals surface area contributed by atoms with E-state index in [1.165, 1.54) is 12.1 Å². The summed E-state index contributed by atoms with van der Waals surface area (Å²) in [6, 6.07) is 6.29. The molecule has 0 spiro atoms. The van der Waals surface area contributed by atoms with Crippen LogP contribution in [0.1, 0.15) is 76.7 Å². The molecular formula is C23H32ClF3N4O. The van der Waals surface area contributed by atoms with Crippen LogP contribution in [0, 0.1) is 0 Å². The Hall–Kier alpha value is -2.06. The molecule has 0 radical (unpaired) electrons. The number of benzene rings is 1. The Balaban J connectivity index is 0.00000363. The van der Waals surface area contributed by atoms with Crippen LogP contribution >= 0.6 is 12.4 Å². The maximum absolute atomic E-state index is 13.0. The number of halogens is 4. The summed E-state index contributed by atoms with van der Waals surface area (Å²) in [6.45, 7) is 11.9. The highest BCUT2D eigenvalue weighted by molar-refractivity contribution is 5.85. The monoisotopic (exact) mass is 472 g/mol. The SMILES string of the molecule is CC(C)(C)NC(=O)[C@@H]1CC(c2ccn(C(C)(C)C)n2)[C@H](c2ccc(C(F)(F)F)cc2)N1.Cl. The summed E-state index contributed by atoms with van der Waals surface area (Å²) in [5.41, 5.74) is 0.253. The number of alkyl halides is 3.